The first kappa shape index (κ1) is 9.59. The molecule has 1 heterocycles. The summed E-state index contributed by atoms with van der Waals surface area (Å²) in [5.41, 5.74) is 0. The van der Waals surface area contributed by atoms with Crippen molar-refractivity contribution >= 4 is 29.3 Å². The summed E-state index contributed by atoms with van der Waals surface area (Å²) in [5, 5.41) is 0. The maximum absolute atomic E-state index is 11.6. The van der Waals surface area contributed by atoms with Gasteiger partial charge in [-0.3, -0.25) is 4.79 Å². The van der Waals surface area contributed by atoms with Crippen LogP contribution in [0.5, 0.6) is 0 Å². The number of carbonyl (C=O) groups is 1. The fourth-order valence-electron chi connectivity index (χ4n) is 3.22. The molecule has 0 aromatic carbocycles. The summed E-state index contributed by atoms with van der Waals surface area (Å²) in [4.78, 5) is 11.6. The van der Waals surface area contributed by atoms with Gasteiger partial charge in [0.1, 0.15) is 5.78 Å². The van der Waals surface area contributed by atoms with Crippen LogP contribution in [0.4, 0.5) is 0 Å². The number of Topliss-reactive ketones (excluding diaryl/α,β-unsaturated/α-hetero) is 1. The first-order valence-electron chi connectivity index (χ1n) is 5.61. The highest BCUT2D eigenvalue weighted by Gasteiger charge is 2.49. The van der Waals surface area contributed by atoms with E-state index < -0.39 is 0 Å². The summed E-state index contributed by atoms with van der Waals surface area (Å²) in [6, 6.07) is 0. The third-order valence-corrected chi connectivity index (χ3v) is 7.84. The first-order chi connectivity index (χ1) is 6.80. The average Bonchev–Trinajstić information content (AvgIpc) is 2.66. The molecule has 14 heavy (non-hydrogen) atoms. The molecule has 2 bridgehead atoms. The van der Waals surface area contributed by atoms with Gasteiger partial charge in [-0.25, -0.2) is 0 Å². The van der Waals surface area contributed by atoms with Crippen molar-refractivity contribution in [3.8, 4) is 0 Å². The van der Waals surface area contributed by atoms with Crippen LogP contribution in [0.1, 0.15) is 32.1 Å². The molecular formula is C11H16OS2. The molecule has 0 aromatic rings. The highest BCUT2D eigenvalue weighted by molar-refractivity contribution is 8.21. The Morgan fingerprint density at radius 1 is 1.21 bits per heavy atom. The lowest BCUT2D eigenvalue weighted by molar-refractivity contribution is -0.127. The van der Waals surface area contributed by atoms with E-state index in [0.29, 0.717) is 15.8 Å². The molecule has 2 saturated carbocycles. The second kappa shape index (κ2) is 3.44. The molecule has 2 aliphatic carbocycles. The molecular weight excluding hydrogens is 212 g/mol. The van der Waals surface area contributed by atoms with Crippen LogP contribution in [-0.2, 0) is 4.79 Å². The Bertz CT molecular complexity index is 258. The van der Waals surface area contributed by atoms with Crippen molar-refractivity contribution in [2.45, 2.75) is 36.2 Å². The van der Waals surface area contributed by atoms with E-state index in [9.17, 15) is 4.79 Å². The number of thioether (sulfide) groups is 2. The Morgan fingerprint density at radius 3 is 2.79 bits per heavy atom. The van der Waals surface area contributed by atoms with Gasteiger partial charge in [0, 0.05) is 23.8 Å². The van der Waals surface area contributed by atoms with Gasteiger partial charge in [0.25, 0.3) is 0 Å². The molecule has 0 unspecified atom stereocenters. The van der Waals surface area contributed by atoms with Crippen LogP contribution >= 0.6 is 23.5 Å². The Hall–Kier alpha value is 0.370. The van der Waals surface area contributed by atoms with Crippen LogP contribution in [0, 0.1) is 11.8 Å². The minimum atomic E-state index is 0.446. The number of fused-ring (bicyclic) bond motifs is 3. The van der Waals surface area contributed by atoms with Crippen LogP contribution in [0.2, 0.25) is 0 Å². The van der Waals surface area contributed by atoms with E-state index in [1.807, 2.05) is 0 Å². The molecule has 1 spiro atoms. The van der Waals surface area contributed by atoms with Gasteiger partial charge in [0.05, 0.1) is 4.08 Å². The van der Waals surface area contributed by atoms with E-state index in [4.69, 9.17) is 0 Å². The number of carbonyl (C=O) groups excluding carboxylic acids is 1. The fraction of sp³-hybridized carbons (Fsp3) is 0.909. The third-order valence-electron chi connectivity index (χ3n) is 4.00. The predicted octanol–water partition coefficient (Wildman–Crippen LogP) is 2.94. The van der Waals surface area contributed by atoms with E-state index in [1.54, 1.807) is 0 Å². The van der Waals surface area contributed by atoms with E-state index >= 15 is 0 Å². The van der Waals surface area contributed by atoms with Crippen molar-refractivity contribution in [3.63, 3.8) is 0 Å². The normalized spacial score (nSPS) is 40.4. The quantitative estimate of drug-likeness (QED) is 0.634. The largest absolute Gasteiger partial charge is 0.299 e. The lowest BCUT2D eigenvalue weighted by Gasteiger charge is -2.45. The molecule has 78 valence electrons. The van der Waals surface area contributed by atoms with Crippen LogP contribution in [0.25, 0.3) is 0 Å². The van der Waals surface area contributed by atoms with Crippen molar-refractivity contribution < 1.29 is 4.79 Å². The zero-order chi connectivity index (χ0) is 9.60. The van der Waals surface area contributed by atoms with Gasteiger partial charge in [0.2, 0.25) is 0 Å². The number of hydrogen-bond acceptors (Lipinski definition) is 3. The Balaban J connectivity index is 1.82. The topological polar surface area (TPSA) is 17.1 Å². The molecule has 0 aromatic heterocycles. The standard InChI is InChI=1S/C11H16OS2/c12-10-2-1-9-7-8(10)3-4-11(9)13-5-6-14-11/h8-9H,1-7H2/t8-,9-/m0/s1. The van der Waals surface area contributed by atoms with Crippen LogP contribution in [0.15, 0.2) is 0 Å². The van der Waals surface area contributed by atoms with Crippen molar-refractivity contribution in [2.75, 3.05) is 11.5 Å². The van der Waals surface area contributed by atoms with Crippen molar-refractivity contribution in [1.82, 2.24) is 0 Å². The van der Waals surface area contributed by atoms with Crippen molar-refractivity contribution in [1.29, 1.82) is 0 Å². The SMILES string of the molecule is O=C1CC[C@H]2C[C@@H]1CCC21SCCS1. The molecule has 1 nitrogen and oxygen atoms in total. The van der Waals surface area contributed by atoms with E-state index in [0.717, 1.165) is 12.3 Å². The minimum absolute atomic E-state index is 0.446. The fourth-order valence-corrected chi connectivity index (χ4v) is 6.84. The lowest BCUT2D eigenvalue weighted by Crippen LogP contribution is -2.41. The predicted molar refractivity (Wildman–Crippen MR) is 62.7 cm³/mol. The number of rotatable bonds is 0. The Kier molecular flexibility index (Phi) is 2.36. The van der Waals surface area contributed by atoms with Crippen molar-refractivity contribution in [3.05, 3.63) is 0 Å². The van der Waals surface area contributed by atoms with Crippen LogP contribution in [-0.4, -0.2) is 21.4 Å². The molecule has 3 rings (SSSR count). The molecule has 1 aliphatic heterocycles. The average molecular weight is 228 g/mol. The zero-order valence-electron chi connectivity index (χ0n) is 8.33. The smallest absolute Gasteiger partial charge is 0.136 e. The van der Waals surface area contributed by atoms with Crippen LogP contribution < -0.4 is 0 Å². The highest BCUT2D eigenvalue weighted by Crippen LogP contribution is 2.59. The molecule has 3 fully saturated rings. The van der Waals surface area contributed by atoms with Gasteiger partial charge in [-0.1, -0.05) is 0 Å². The lowest BCUT2D eigenvalue weighted by atomic mass is 9.71. The van der Waals surface area contributed by atoms with Gasteiger partial charge < -0.3 is 0 Å². The Labute approximate surface area is 93.8 Å². The molecule has 2 atom stereocenters. The maximum atomic E-state index is 11.6. The molecule has 0 N–H and O–H groups in total. The second-order valence-electron chi connectivity index (χ2n) is 4.68. The molecule has 3 heteroatoms. The minimum Gasteiger partial charge on any atom is -0.299 e. The zero-order valence-corrected chi connectivity index (χ0v) is 9.96. The highest BCUT2D eigenvalue weighted by atomic mass is 32.2. The van der Waals surface area contributed by atoms with E-state index in [1.165, 1.54) is 37.2 Å². The summed E-state index contributed by atoms with van der Waals surface area (Å²) >= 11 is 4.37. The summed E-state index contributed by atoms with van der Waals surface area (Å²) in [6.45, 7) is 0. The van der Waals surface area contributed by atoms with Gasteiger partial charge in [-0.2, -0.15) is 0 Å². The van der Waals surface area contributed by atoms with E-state index in [2.05, 4.69) is 23.5 Å². The van der Waals surface area contributed by atoms with Gasteiger partial charge in [0.15, 0.2) is 0 Å². The van der Waals surface area contributed by atoms with Gasteiger partial charge in [-0.05, 0) is 31.6 Å². The maximum Gasteiger partial charge on any atom is 0.136 e. The molecule has 0 amide bonds. The number of hydrogen-bond donors (Lipinski definition) is 0. The first-order valence-corrected chi connectivity index (χ1v) is 7.58. The summed E-state index contributed by atoms with van der Waals surface area (Å²) in [7, 11) is 0. The molecule has 3 aliphatic rings. The monoisotopic (exact) mass is 228 g/mol. The number of ketones is 1. The summed E-state index contributed by atoms with van der Waals surface area (Å²) < 4.78 is 0.539. The van der Waals surface area contributed by atoms with Gasteiger partial charge in [-0.15, -0.1) is 23.5 Å². The third kappa shape index (κ3) is 1.35. The molecule has 1 saturated heterocycles. The summed E-state index contributed by atoms with van der Waals surface area (Å²) in [5.74, 6) is 4.52. The Morgan fingerprint density at radius 2 is 2.00 bits per heavy atom. The van der Waals surface area contributed by atoms with E-state index in [-0.39, 0.29) is 0 Å². The second-order valence-corrected chi connectivity index (χ2v) is 7.79. The summed E-state index contributed by atoms with van der Waals surface area (Å²) in [6.07, 6.45) is 5.73. The van der Waals surface area contributed by atoms with Gasteiger partial charge >= 0.3 is 0 Å². The van der Waals surface area contributed by atoms with Crippen LogP contribution in [0.3, 0.4) is 0 Å². The molecule has 0 radical (unpaired) electrons. The van der Waals surface area contributed by atoms with Crippen molar-refractivity contribution in [2.24, 2.45) is 11.8 Å².